The van der Waals surface area contributed by atoms with E-state index in [0.717, 1.165) is 6.42 Å². The molecule has 0 amide bonds. The van der Waals surface area contributed by atoms with Crippen LogP contribution in [0.1, 0.15) is 6.42 Å². The molecule has 0 radical (unpaired) electrons. The van der Waals surface area contributed by atoms with Crippen LogP contribution in [-0.2, 0) is 20.5 Å². The van der Waals surface area contributed by atoms with Crippen molar-refractivity contribution in [1.29, 1.82) is 0 Å². The van der Waals surface area contributed by atoms with Gasteiger partial charge in [-0.1, -0.05) is 36.4 Å². The van der Waals surface area contributed by atoms with Gasteiger partial charge in [-0.3, -0.25) is 6.08 Å². The molecule has 0 spiro atoms. The maximum atomic E-state index is 2.99. The summed E-state index contributed by atoms with van der Waals surface area (Å²) in [4.78, 5) is 0. The van der Waals surface area contributed by atoms with Gasteiger partial charge in [-0.25, -0.2) is 12.2 Å². The summed E-state index contributed by atoms with van der Waals surface area (Å²) in [5.74, 6) is 0. The fraction of sp³-hybridized carbons (Fsp3) is 0.227. The van der Waals surface area contributed by atoms with Gasteiger partial charge in [-0.2, -0.15) is 6.08 Å². The van der Waals surface area contributed by atoms with E-state index in [0.29, 0.717) is 31.3 Å². The third kappa shape index (κ3) is 6.08. The fourth-order valence-corrected chi connectivity index (χ4v) is 46.1. The molecule has 0 aromatic heterocycles. The second kappa shape index (κ2) is 11.6. The Kier molecular flexibility index (Phi) is 9.90. The molecule has 140 valence electrons. The first-order chi connectivity index (χ1) is 12.4. The summed E-state index contributed by atoms with van der Waals surface area (Å²) in [6.07, 6.45) is 10.0. The topological polar surface area (TPSA) is 0 Å². The third-order valence-electron chi connectivity index (χ3n) is 4.92. The molecule has 2 heterocycles. The summed E-state index contributed by atoms with van der Waals surface area (Å²) >= 11 is 0.465. The number of allylic oxidation sites excluding steroid dienone is 4. The Balaban J connectivity index is 0.000000159. The van der Waals surface area contributed by atoms with Crippen molar-refractivity contribution in [3.8, 4) is 0 Å². The van der Waals surface area contributed by atoms with Crippen LogP contribution in [0.5, 0.6) is 0 Å². The van der Waals surface area contributed by atoms with Crippen LogP contribution in [-0.4, -0.2) is 10.9 Å². The molecule has 6 rings (SSSR count). The summed E-state index contributed by atoms with van der Waals surface area (Å²) in [5, 5.41) is 5.39. The average molecular weight is 505 g/mol. The van der Waals surface area contributed by atoms with Crippen LogP contribution in [0.3, 0.4) is 0 Å². The maximum Gasteiger partial charge on any atom is -0.0771 e. The molecule has 0 fully saturated rings. The van der Waals surface area contributed by atoms with Gasteiger partial charge in [0.05, 0.1) is 0 Å². The van der Waals surface area contributed by atoms with Crippen LogP contribution in [0, 0.1) is 6.08 Å². The standard InChI is InChI=1S/C13H9.C5H5.C4H8Si2.2ClH.Zr/c1-3-7-12-10(5-1)9-11-6-2-4-8-13(11)12;1-2-4-5-3-1;1-2-6-4-3-5-1;;;/h1-9H;1-3H,4H2;1-4H2;2*1H;/q2*-1;;;;/p-2. The van der Waals surface area contributed by atoms with Crippen LogP contribution < -0.4 is 24.8 Å². The molecule has 27 heavy (non-hydrogen) atoms. The van der Waals surface area contributed by atoms with Gasteiger partial charge >= 0.3 is 55.5 Å². The number of hydrogen-bond donors (Lipinski definition) is 0. The van der Waals surface area contributed by atoms with Crippen molar-refractivity contribution in [2.75, 3.05) is 0 Å². The maximum absolute atomic E-state index is 2.99. The van der Waals surface area contributed by atoms with Crippen molar-refractivity contribution < 1.29 is 45.3 Å². The van der Waals surface area contributed by atoms with Gasteiger partial charge in [0.15, 0.2) is 0 Å². The van der Waals surface area contributed by atoms with Crippen LogP contribution in [0.2, 0.25) is 24.2 Å². The number of halogens is 2. The van der Waals surface area contributed by atoms with Crippen LogP contribution in [0.4, 0.5) is 0 Å². The summed E-state index contributed by atoms with van der Waals surface area (Å²) in [6.45, 7) is 0. The molecule has 1 aliphatic carbocycles. The molecule has 0 N–H and O–H groups in total. The molecule has 2 aliphatic heterocycles. The van der Waals surface area contributed by atoms with E-state index in [1.165, 1.54) is 21.5 Å². The summed E-state index contributed by atoms with van der Waals surface area (Å²) < 4.78 is 0. The Morgan fingerprint density at radius 2 is 1.30 bits per heavy atom. The molecule has 3 aliphatic rings. The quantitative estimate of drug-likeness (QED) is 0.301. The number of benzene rings is 2. The molecular formula is C22H22Cl2Si2Zr-4. The van der Waals surface area contributed by atoms with E-state index in [1.807, 2.05) is 12.2 Å². The second-order valence-corrected chi connectivity index (χ2v) is 28.0. The molecule has 0 nitrogen and oxygen atoms in total. The minimum atomic E-state index is 0. The van der Waals surface area contributed by atoms with E-state index in [9.17, 15) is 0 Å². The summed E-state index contributed by atoms with van der Waals surface area (Å²) in [6, 6.07) is 26.4. The van der Waals surface area contributed by atoms with Crippen molar-refractivity contribution in [3.63, 3.8) is 0 Å². The van der Waals surface area contributed by atoms with Gasteiger partial charge in [-0.15, -0.1) is 46.2 Å². The minimum Gasteiger partial charge on any atom is -1.00 e. The molecule has 5 heteroatoms. The molecule has 0 unspecified atom stereocenters. The zero-order chi connectivity index (χ0) is 16.9. The molecule has 0 saturated heterocycles. The normalized spacial score (nSPS) is 15.1. The predicted molar refractivity (Wildman–Crippen MR) is 109 cm³/mol. The average Bonchev–Trinajstić information content (AvgIpc) is 3.48. The van der Waals surface area contributed by atoms with Gasteiger partial charge in [-0.05, 0) is 0 Å². The molecule has 0 atom stereocenters. The fourth-order valence-electron chi connectivity index (χ4n) is 3.60. The SMILES string of the molecule is C1C[Si]2=[Zr]=[Si]1CC2.[C-]1=CC=CC1.[Cl-].[Cl-].c1ccc2c(c1)[cH-]c1ccccc12. The number of rotatable bonds is 0. The smallest absolute Gasteiger partial charge is 0.0771 e. The van der Waals surface area contributed by atoms with Crippen LogP contribution in [0.25, 0.3) is 21.5 Å². The van der Waals surface area contributed by atoms with E-state index >= 15 is 0 Å². The van der Waals surface area contributed by atoms with E-state index in [2.05, 4.69) is 66.7 Å². The zero-order valence-electron chi connectivity index (χ0n) is 15.2. The molecule has 2 bridgehead atoms. The first kappa shape index (κ1) is 23.0. The Morgan fingerprint density at radius 3 is 1.63 bits per heavy atom. The molecular weight excluding hydrogens is 483 g/mol. The Bertz CT molecular complexity index is 939. The van der Waals surface area contributed by atoms with Gasteiger partial charge in [0, 0.05) is 0 Å². The summed E-state index contributed by atoms with van der Waals surface area (Å²) in [7, 11) is 0. The van der Waals surface area contributed by atoms with E-state index in [-0.39, 0.29) is 24.8 Å². The predicted octanol–water partition coefficient (Wildman–Crippen LogP) is 0.105. The van der Waals surface area contributed by atoms with Crippen LogP contribution in [0.15, 0.2) is 72.8 Å². The molecule has 0 saturated carbocycles. The van der Waals surface area contributed by atoms with Crippen molar-refractivity contribution in [1.82, 2.24) is 0 Å². The van der Waals surface area contributed by atoms with Crippen LogP contribution >= 0.6 is 0 Å². The first-order valence-electron chi connectivity index (χ1n) is 9.11. The number of hydrogen-bond acceptors (Lipinski definition) is 0. The van der Waals surface area contributed by atoms with Crippen molar-refractivity contribution in [3.05, 3.63) is 78.9 Å². The molecule has 3 aromatic rings. The zero-order valence-corrected chi connectivity index (χ0v) is 21.2. The van der Waals surface area contributed by atoms with E-state index < -0.39 is 0 Å². The molecule has 3 aromatic carbocycles. The Hall–Kier alpha value is -0.313. The first-order valence-corrected chi connectivity index (χ1v) is 20.3. The van der Waals surface area contributed by atoms with E-state index in [4.69, 9.17) is 0 Å². The summed E-state index contributed by atoms with van der Waals surface area (Å²) in [5.41, 5.74) is 1.08. The Labute approximate surface area is 185 Å². The van der Waals surface area contributed by atoms with Gasteiger partial charge in [0.1, 0.15) is 0 Å². The van der Waals surface area contributed by atoms with Crippen molar-refractivity contribution >= 4 is 32.4 Å². The monoisotopic (exact) mass is 502 g/mol. The van der Waals surface area contributed by atoms with Crippen molar-refractivity contribution in [2.24, 2.45) is 0 Å². The van der Waals surface area contributed by atoms with Crippen molar-refractivity contribution in [2.45, 2.75) is 30.6 Å². The van der Waals surface area contributed by atoms with Gasteiger partial charge in [0.25, 0.3) is 0 Å². The van der Waals surface area contributed by atoms with Gasteiger partial charge < -0.3 is 24.8 Å². The van der Waals surface area contributed by atoms with Gasteiger partial charge in [0.2, 0.25) is 0 Å². The minimum absolute atomic E-state index is 0. The third-order valence-corrected chi connectivity index (χ3v) is 35.2. The Morgan fingerprint density at radius 1 is 0.778 bits per heavy atom. The largest absolute Gasteiger partial charge is 1.00 e. The second-order valence-electron chi connectivity index (χ2n) is 6.65. The number of fused-ring (bicyclic) bond motifs is 3. The van der Waals surface area contributed by atoms with E-state index in [1.54, 1.807) is 24.2 Å².